The zero-order valence-electron chi connectivity index (χ0n) is 8.45. The lowest BCUT2D eigenvalue weighted by Crippen LogP contribution is -2.08. The van der Waals surface area contributed by atoms with Gasteiger partial charge in [-0.2, -0.15) is 5.26 Å². The van der Waals surface area contributed by atoms with Gasteiger partial charge in [0.15, 0.2) is 0 Å². The molecule has 0 saturated heterocycles. The SMILES string of the molecule is N#Cc1nc(CBr)c(C(F)F)cc1CC(=O)O. The average Bonchev–Trinajstić information content (AvgIpc) is 2.27. The predicted molar refractivity (Wildman–Crippen MR) is 57.9 cm³/mol. The number of pyridine rings is 1. The molecule has 1 N–H and O–H groups in total. The van der Waals surface area contributed by atoms with Crippen LogP contribution in [0.15, 0.2) is 6.07 Å². The minimum absolute atomic E-state index is 0.000000000000000666. The number of hydrogen-bond acceptors (Lipinski definition) is 3. The van der Waals surface area contributed by atoms with Gasteiger partial charge >= 0.3 is 5.97 Å². The second kappa shape index (κ2) is 5.68. The van der Waals surface area contributed by atoms with Gasteiger partial charge in [0, 0.05) is 16.5 Å². The molecule has 17 heavy (non-hydrogen) atoms. The van der Waals surface area contributed by atoms with Gasteiger partial charge in [0.25, 0.3) is 6.43 Å². The van der Waals surface area contributed by atoms with E-state index in [4.69, 9.17) is 10.4 Å². The van der Waals surface area contributed by atoms with Crippen molar-refractivity contribution in [1.82, 2.24) is 4.98 Å². The van der Waals surface area contributed by atoms with Crippen molar-refractivity contribution < 1.29 is 18.7 Å². The second-order valence-electron chi connectivity index (χ2n) is 3.15. The first-order chi connectivity index (χ1) is 7.99. The third-order valence-corrected chi connectivity index (χ3v) is 2.55. The van der Waals surface area contributed by atoms with Gasteiger partial charge in [-0.15, -0.1) is 0 Å². The Balaban J connectivity index is 3.34. The van der Waals surface area contributed by atoms with E-state index >= 15 is 0 Å². The average molecular weight is 305 g/mol. The fourth-order valence-corrected chi connectivity index (χ4v) is 1.75. The van der Waals surface area contributed by atoms with Crippen LogP contribution in [0.4, 0.5) is 8.78 Å². The van der Waals surface area contributed by atoms with E-state index < -0.39 is 18.8 Å². The highest BCUT2D eigenvalue weighted by molar-refractivity contribution is 9.08. The summed E-state index contributed by atoms with van der Waals surface area (Å²) in [5.74, 6) is -1.20. The Morgan fingerprint density at radius 3 is 2.71 bits per heavy atom. The second-order valence-corrected chi connectivity index (χ2v) is 3.71. The summed E-state index contributed by atoms with van der Waals surface area (Å²) in [6.45, 7) is 0. The summed E-state index contributed by atoms with van der Waals surface area (Å²) in [6, 6.07) is 2.73. The first kappa shape index (κ1) is 13.5. The van der Waals surface area contributed by atoms with Crippen LogP contribution in [-0.4, -0.2) is 16.1 Å². The first-order valence-electron chi connectivity index (χ1n) is 4.48. The Kier molecular flexibility index (Phi) is 4.52. The number of aliphatic carboxylic acids is 1. The van der Waals surface area contributed by atoms with Crippen LogP contribution >= 0.6 is 15.9 Å². The van der Waals surface area contributed by atoms with Crippen LogP contribution in [0.5, 0.6) is 0 Å². The topological polar surface area (TPSA) is 74.0 Å². The molecule has 0 aromatic carbocycles. The maximum absolute atomic E-state index is 12.7. The molecule has 0 saturated carbocycles. The molecule has 90 valence electrons. The lowest BCUT2D eigenvalue weighted by atomic mass is 10.1. The van der Waals surface area contributed by atoms with Gasteiger partial charge in [-0.25, -0.2) is 13.8 Å². The fraction of sp³-hybridized carbons (Fsp3) is 0.300. The number of carboxylic acids is 1. The molecule has 0 unspecified atom stereocenters. The zero-order chi connectivity index (χ0) is 13.0. The van der Waals surface area contributed by atoms with E-state index in [0.29, 0.717) is 0 Å². The molecule has 0 amide bonds. The molecule has 0 radical (unpaired) electrons. The lowest BCUT2D eigenvalue weighted by Gasteiger charge is -2.09. The molecule has 0 aliphatic rings. The van der Waals surface area contributed by atoms with Crippen LogP contribution in [0.25, 0.3) is 0 Å². The fourth-order valence-electron chi connectivity index (χ4n) is 1.30. The summed E-state index contributed by atoms with van der Waals surface area (Å²) in [5.41, 5.74) is -0.436. The number of nitrogens with zero attached hydrogens (tertiary/aromatic N) is 2. The number of alkyl halides is 3. The molecule has 0 fully saturated rings. The molecular formula is C10H7BrF2N2O2. The Labute approximate surface area is 104 Å². The van der Waals surface area contributed by atoms with E-state index in [1.54, 1.807) is 6.07 Å². The first-order valence-corrected chi connectivity index (χ1v) is 5.60. The summed E-state index contributed by atoms with van der Waals surface area (Å²) >= 11 is 2.99. The number of carboxylic acid groups (broad SMARTS) is 1. The van der Waals surface area contributed by atoms with Crippen LogP contribution in [-0.2, 0) is 16.5 Å². The van der Waals surface area contributed by atoms with Gasteiger partial charge in [0.1, 0.15) is 11.8 Å². The van der Waals surface area contributed by atoms with Gasteiger partial charge < -0.3 is 5.11 Å². The monoisotopic (exact) mass is 304 g/mol. The van der Waals surface area contributed by atoms with Crippen molar-refractivity contribution >= 4 is 21.9 Å². The molecule has 4 nitrogen and oxygen atoms in total. The van der Waals surface area contributed by atoms with Crippen molar-refractivity contribution in [2.45, 2.75) is 18.2 Å². The number of aromatic nitrogens is 1. The van der Waals surface area contributed by atoms with Crippen molar-refractivity contribution in [3.05, 3.63) is 28.6 Å². The molecule has 0 atom stereocenters. The van der Waals surface area contributed by atoms with E-state index in [9.17, 15) is 13.6 Å². The van der Waals surface area contributed by atoms with E-state index in [2.05, 4.69) is 20.9 Å². The normalized spacial score (nSPS) is 10.3. The van der Waals surface area contributed by atoms with Crippen molar-refractivity contribution in [1.29, 1.82) is 5.26 Å². The van der Waals surface area contributed by atoms with Crippen molar-refractivity contribution in [2.24, 2.45) is 0 Å². The molecule has 1 heterocycles. The predicted octanol–water partition coefficient (Wildman–Crippen LogP) is 2.41. The molecule has 1 aromatic rings. The van der Waals surface area contributed by atoms with Gasteiger partial charge in [-0.3, -0.25) is 4.79 Å². The van der Waals surface area contributed by atoms with E-state index in [-0.39, 0.29) is 27.8 Å². The smallest absolute Gasteiger partial charge is 0.307 e. The highest BCUT2D eigenvalue weighted by atomic mass is 79.9. The molecule has 0 spiro atoms. The maximum Gasteiger partial charge on any atom is 0.307 e. The Morgan fingerprint density at radius 2 is 2.29 bits per heavy atom. The highest BCUT2D eigenvalue weighted by Crippen LogP contribution is 2.26. The summed E-state index contributed by atoms with van der Waals surface area (Å²) in [5, 5.41) is 17.5. The van der Waals surface area contributed by atoms with Crippen LogP contribution in [0.2, 0.25) is 0 Å². The molecule has 1 rings (SSSR count). The number of hydrogen-bond donors (Lipinski definition) is 1. The van der Waals surface area contributed by atoms with Gasteiger partial charge in [-0.1, -0.05) is 15.9 Å². The number of nitriles is 1. The quantitative estimate of drug-likeness (QED) is 0.867. The van der Waals surface area contributed by atoms with Crippen molar-refractivity contribution in [3.63, 3.8) is 0 Å². The minimum Gasteiger partial charge on any atom is -0.481 e. The van der Waals surface area contributed by atoms with E-state index in [1.165, 1.54) is 0 Å². The van der Waals surface area contributed by atoms with Crippen LogP contribution < -0.4 is 0 Å². The third-order valence-electron chi connectivity index (χ3n) is 2.02. The lowest BCUT2D eigenvalue weighted by molar-refractivity contribution is -0.136. The molecule has 7 heteroatoms. The Hall–Kier alpha value is -1.55. The minimum atomic E-state index is -2.75. The summed E-state index contributed by atoms with van der Waals surface area (Å²) in [4.78, 5) is 14.3. The number of rotatable bonds is 4. The molecule has 0 bridgehead atoms. The maximum atomic E-state index is 12.7. The van der Waals surface area contributed by atoms with Gasteiger partial charge in [0.05, 0.1) is 12.1 Å². The molecule has 0 aliphatic carbocycles. The number of halogens is 3. The van der Waals surface area contributed by atoms with Crippen LogP contribution in [0.3, 0.4) is 0 Å². The standard InChI is InChI=1S/C10H7BrF2N2O2/c11-3-7-6(10(12)13)1-5(2-9(16)17)8(4-14)15-7/h1,10H,2-3H2,(H,16,17). The Morgan fingerprint density at radius 1 is 1.65 bits per heavy atom. The van der Waals surface area contributed by atoms with Crippen LogP contribution in [0, 0.1) is 11.3 Å². The van der Waals surface area contributed by atoms with Crippen LogP contribution in [0.1, 0.15) is 28.9 Å². The van der Waals surface area contributed by atoms with Gasteiger partial charge in [0.2, 0.25) is 0 Å². The van der Waals surface area contributed by atoms with Crippen molar-refractivity contribution in [3.8, 4) is 6.07 Å². The third kappa shape index (κ3) is 3.20. The summed E-state index contributed by atoms with van der Waals surface area (Å²) in [7, 11) is 0. The molecule has 0 aliphatic heterocycles. The largest absolute Gasteiger partial charge is 0.481 e. The zero-order valence-corrected chi connectivity index (χ0v) is 10.0. The molecule has 1 aromatic heterocycles. The summed E-state index contributed by atoms with van der Waals surface area (Å²) in [6.07, 6.45) is -3.26. The molecular weight excluding hydrogens is 298 g/mol. The van der Waals surface area contributed by atoms with Crippen molar-refractivity contribution in [2.75, 3.05) is 0 Å². The number of carbonyl (C=O) groups is 1. The summed E-state index contributed by atoms with van der Waals surface area (Å²) < 4.78 is 25.4. The van der Waals surface area contributed by atoms with Gasteiger partial charge in [-0.05, 0) is 6.07 Å². The Bertz CT molecular complexity index is 486. The highest BCUT2D eigenvalue weighted by Gasteiger charge is 2.18. The van der Waals surface area contributed by atoms with E-state index in [0.717, 1.165) is 6.07 Å². The van der Waals surface area contributed by atoms with E-state index in [1.807, 2.05) is 0 Å².